The number of likely N-dealkylation sites (N-methyl/N-ethyl adjacent to an activating group) is 1. The van der Waals surface area contributed by atoms with Crippen molar-refractivity contribution in [3.63, 3.8) is 0 Å². The summed E-state index contributed by atoms with van der Waals surface area (Å²) in [5.74, 6) is -0.817. The molecule has 0 fully saturated rings. The monoisotopic (exact) mass is 1250 g/mol. The number of unbranched alkanes of at least 4 members (excludes halogenated alkanes) is 44. The molecule has 0 aliphatic carbocycles. The normalized spacial score (nSPS) is 13.5. The van der Waals surface area contributed by atoms with Crippen LogP contribution in [0.2, 0.25) is 0 Å². The van der Waals surface area contributed by atoms with Crippen LogP contribution in [0.1, 0.15) is 361 Å². The third-order valence-electron chi connectivity index (χ3n) is 16.7. The van der Waals surface area contributed by atoms with Gasteiger partial charge >= 0.3 is 11.9 Å². The number of phosphoric acid groups is 1. The Morgan fingerprint density at radius 3 is 0.977 bits per heavy atom. The Balaban J connectivity index is 3.97. The van der Waals surface area contributed by atoms with Gasteiger partial charge in [-0.15, -0.1) is 0 Å². The molecule has 9 nitrogen and oxygen atoms in total. The lowest BCUT2D eigenvalue weighted by Gasteiger charge is -2.28. The predicted molar refractivity (Wildman–Crippen MR) is 379 cm³/mol. The van der Waals surface area contributed by atoms with Gasteiger partial charge in [0.15, 0.2) is 6.10 Å². The molecule has 0 rings (SSSR count). The smallest absolute Gasteiger partial charge is 0.306 e. The van der Waals surface area contributed by atoms with E-state index in [0.29, 0.717) is 17.4 Å². The Morgan fingerprint density at radius 1 is 0.364 bits per heavy atom. The Bertz CT molecular complexity index is 1710. The van der Waals surface area contributed by atoms with Crippen LogP contribution in [0.4, 0.5) is 0 Å². The van der Waals surface area contributed by atoms with E-state index < -0.39 is 26.5 Å². The maximum atomic E-state index is 12.9. The number of carbonyl (C=O) groups excluding carboxylic acids is 2. The minimum atomic E-state index is -4.64. The summed E-state index contributed by atoms with van der Waals surface area (Å²) < 4.78 is 34.4. The zero-order valence-corrected chi connectivity index (χ0v) is 59.6. The topological polar surface area (TPSA) is 111 Å². The van der Waals surface area contributed by atoms with E-state index in [9.17, 15) is 19.0 Å². The van der Waals surface area contributed by atoms with Crippen molar-refractivity contribution in [1.82, 2.24) is 0 Å². The summed E-state index contributed by atoms with van der Waals surface area (Å²) in [7, 11) is 1.18. The second kappa shape index (κ2) is 68.8. The molecule has 514 valence electrons. The summed E-state index contributed by atoms with van der Waals surface area (Å²) in [6.45, 7) is 4.18. The first kappa shape index (κ1) is 85.5. The number of allylic oxidation sites excluding steroid dienone is 12. The molecule has 0 bridgehead atoms. The second-order valence-corrected chi connectivity index (χ2v) is 28.0. The van der Waals surface area contributed by atoms with E-state index in [1.165, 1.54) is 257 Å². The number of hydrogen-bond donors (Lipinski definition) is 0. The third-order valence-corrected chi connectivity index (χ3v) is 17.7. The molecule has 0 spiro atoms. The molecule has 0 aliphatic rings. The zero-order chi connectivity index (χ0) is 64.1. The molecule has 0 saturated carbocycles. The van der Waals surface area contributed by atoms with E-state index in [0.717, 1.165) is 70.6 Å². The molecular formula is C78H144NO8P. The Hall–Kier alpha value is -2.55. The van der Waals surface area contributed by atoms with Crippen molar-refractivity contribution >= 4 is 19.8 Å². The Kier molecular flexibility index (Phi) is 66.8. The number of quaternary nitrogens is 1. The number of hydrogen-bond acceptors (Lipinski definition) is 8. The number of phosphoric ester groups is 1. The molecule has 10 heteroatoms. The minimum Gasteiger partial charge on any atom is -0.756 e. The van der Waals surface area contributed by atoms with Gasteiger partial charge in [0.25, 0.3) is 7.82 Å². The van der Waals surface area contributed by atoms with Gasteiger partial charge in [-0.3, -0.25) is 14.2 Å². The lowest BCUT2D eigenvalue weighted by Crippen LogP contribution is -2.37. The van der Waals surface area contributed by atoms with Crippen molar-refractivity contribution in [1.29, 1.82) is 0 Å². The van der Waals surface area contributed by atoms with Crippen molar-refractivity contribution in [3.05, 3.63) is 72.9 Å². The first-order valence-electron chi connectivity index (χ1n) is 37.6. The van der Waals surface area contributed by atoms with E-state index in [1.807, 2.05) is 21.1 Å². The number of nitrogens with zero attached hydrogens (tertiary/aromatic N) is 1. The first-order chi connectivity index (χ1) is 43.0. The maximum Gasteiger partial charge on any atom is 0.306 e. The predicted octanol–water partition coefficient (Wildman–Crippen LogP) is 24.1. The van der Waals surface area contributed by atoms with Crippen LogP contribution in [-0.2, 0) is 32.7 Å². The molecule has 0 saturated heterocycles. The van der Waals surface area contributed by atoms with Crippen LogP contribution in [0.25, 0.3) is 0 Å². The molecule has 0 aromatic rings. The van der Waals surface area contributed by atoms with E-state index in [4.69, 9.17) is 18.5 Å². The van der Waals surface area contributed by atoms with Gasteiger partial charge in [0.05, 0.1) is 27.7 Å². The zero-order valence-electron chi connectivity index (χ0n) is 58.7. The molecule has 0 heterocycles. The summed E-state index contributed by atoms with van der Waals surface area (Å²) >= 11 is 0. The van der Waals surface area contributed by atoms with Crippen molar-refractivity contribution in [2.75, 3.05) is 47.5 Å². The van der Waals surface area contributed by atoms with E-state index in [1.54, 1.807) is 0 Å². The molecule has 88 heavy (non-hydrogen) atoms. The Morgan fingerprint density at radius 2 is 0.648 bits per heavy atom. The summed E-state index contributed by atoms with van der Waals surface area (Å²) in [6, 6.07) is 0. The van der Waals surface area contributed by atoms with Crippen LogP contribution < -0.4 is 4.89 Å². The lowest BCUT2D eigenvalue weighted by atomic mass is 10.0. The van der Waals surface area contributed by atoms with Gasteiger partial charge in [0.2, 0.25) is 0 Å². The van der Waals surface area contributed by atoms with Crippen LogP contribution in [0.15, 0.2) is 72.9 Å². The summed E-state index contributed by atoms with van der Waals surface area (Å²) in [4.78, 5) is 38.1. The van der Waals surface area contributed by atoms with Gasteiger partial charge in [-0.25, -0.2) is 0 Å². The lowest BCUT2D eigenvalue weighted by molar-refractivity contribution is -0.870. The molecular weight excluding hydrogens is 1110 g/mol. The standard InChI is InChI=1S/C78H144NO8P/c1-6-8-10-12-14-16-18-20-22-24-26-28-30-32-34-36-38-39-41-42-44-46-48-50-52-54-56-58-60-62-64-66-68-70-77(80)84-74-76(75-86-88(82,83)85-73-72-79(3,4)5)87-78(81)71-69-67-65-63-61-59-57-55-53-51-49-47-45-43-40-37-35-33-31-29-27-25-23-21-19-17-15-13-11-9-7-2/h9,11,15,17,21,23-24,26-27,29,33,35,76H,6-8,10,12-14,16,18-20,22,25,28,30-32,34,36-75H2,1-5H3/b11-9-,17-15-,23-21-,26-24-,29-27-,35-33-. The highest BCUT2D eigenvalue weighted by atomic mass is 31.2. The fraction of sp³-hybridized carbons (Fsp3) is 0.821. The van der Waals surface area contributed by atoms with Gasteiger partial charge < -0.3 is 27.9 Å². The van der Waals surface area contributed by atoms with Crippen LogP contribution in [0.5, 0.6) is 0 Å². The molecule has 0 radical (unpaired) electrons. The summed E-state index contributed by atoms with van der Waals surface area (Å²) in [6.07, 6.45) is 92.9. The molecule has 2 unspecified atom stereocenters. The molecule has 0 amide bonds. The van der Waals surface area contributed by atoms with E-state index in [-0.39, 0.29) is 32.0 Å². The van der Waals surface area contributed by atoms with Crippen LogP contribution in [0, 0.1) is 0 Å². The average molecular weight is 1250 g/mol. The minimum absolute atomic E-state index is 0.0305. The van der Waals surface area contributed by atoms with Gasteiger partial charge in [-0.1, -0.05) is 337 Å². The highest BCUT2D eigenvalue weighted by molar-refractivity contribution is 7.45. The van der Waals surface area contributed by atoms with Crippen LogP contribution >= 0.6 is 7.82 Å². The largest absolute Gasteiger partial charge is 0.756 e. The third kappa shape index (κ3) is 72.5. The Labute approximate surface area is 546 Å². The number of carbonyl (C=O) groups is 2. The van der Waals surface area contributed by atoms with Crippen molar-refractivity contribution in [2.45, 2.75) is 367 Å². The quantitative estimate of drug-likeness (QED) is 0.0195. The van der Waals surface area contributed by atoms with Crippen molar-refractivity contribution in [2.24, 2.45) is 0 Å². The van der Waals surface area contributed by atoms with Gasteiger partial charge in [-0.2, -0.15) is 0 Å². The summed E-state index contributed by atoms with van der Waals surface area (Å²) in [5.41, 5.74) is 0. The van der Waals surface area contributed by atoms with Crippen LogP contribution in [0.3, 0.4) is 0 Å². The van der Waals surface area contributed by atoms with Gasteiger partial charge in [0, 0.05) is 12.8 Å². The van der Waals surface area contributed by atoms with E-state index in [2.05, 4.69) is 86.8 Å². The highest BCUT2D eigenvalue weighted by Crippen LogP contribution is 2.38. The molecule has 0 N–H and O–H groups in total. The molecule has 2 atom stereocenters. The number of rotatable bonds is 70. The van der Waals surface area contributed by atoms with Crippen LogP contribution in [-0.4, -0.2) is 70.0 Å². The molecule has 0 aromatic heterocycles. The fourth-order valence-corrected chi connectivity index (χ4v) is 11.7. The van der Waals surface area contributed by atoms with Gasteiger partial charge in [0.1, 0.15) is 19.8 Å². The van der Waals surface area contributed by atoms with Crippen molar-refractivity contribution in [3.8, 4) is 0 Å². The number of ether oxygens (including phenoxy) is 2. The second-order valence-electron chi connectivity index (χ2n) is 26.6. The fourth-order valence-electron chi connectivity index (χ4n) is 11.0. The molecule has 0 aliphatic heterocycles. The highest BCUT2D eigenvalue weighted by Gasteiger charge is 2.22. The number of esters is 2. The average Bonchev–Trinajstić information content (AvgIpc) is 3.68. The van der Waals surface area contributed by atoms with Crippen molar-refractivity contribution < 1.29 is 42.1 Å². The maximum absolute atomic E-state index is 12.9. The van der Waals surface area contributed by atoms with E-state index >= 15 is 0 Å². The SMILES string of the molecule is CC/C=C\C/C=C\C/C=C\C/C=C\C/C=C\CCCCCCCCCCCCCCCCCC(=O)OC(COC(=O)CCCCCCCCCCCCCCCCCCCCCCC/C=C\CCCCCCCCCC)COP(=O)([O-])OCC[N+](C)(C)C. The summed E-state index contributed by atoms with van der Waals surface area (Å²) in [5, 5.41) is 0. The molecule has 0 aromatic carbocycles. The van der Waals surface area contributed by atoms with Gasteiger partial charge in [-0.05, 0) is 83.5 Å². The first-order valence-corrected chi connectivity index (χ1v) is 39.1.